The first-order valence-electron chi connectivity index (χ1n) is 15.1. The van der Waals surface area contributed by atoms with Gasteiger partial charge in [0, 0.05) is 45.0 Å². The summed E-state index contributed by atoms with van der Waals surface area (Å²) in [5, 5.41) is 2.34. The lowest BCUT2D eigenvalue weighted by molar-refractivity contribution is -0.144. The van der Waals surface area contributed by atoms with Crippen molar-refractivity contribution in [2.75, 3.05) is 58.2 Å². The molecule has 2 atom stereocenters. The Balaban J connectivity index is 1.22. The second kappa shape index (κ2) is 15.2. The summed E-state index contributed by atoms with van der Waals surface area (Å²) >= 11 is 1.35. The maximum atomic E-state index is 13.7. The smallest absolute Gasteiger partial charge is 0.320 e. The van der Waals surface area contributed by atoms with Crippen molar-refractivity contribution < 1.29 is 22.7 Å². The fourth-order valence-corrected chi connectivity index (χ4v) is 8.70. The van der Waals surface area contributed by atoms with Gasteiger partial charge in [0.1, 0.15) is 5.37 Å². The van der Waals surface area contributed by atoms with Crippen LogP contribution in [-0.4, -0.2) is 97.9 Å². The number of ether oxygens (including phenoxy) is 1. The second-order valence-electron chi connectivity index (χ2n) is 10.9. The molecule has 1 amide bonds. The largest absolute Gasteiger partial charge is 0.465 e. The molecule has 0 aliphatic carbocycles. The zero-order valence-electron chi connectivity index (χ0n) is 25.0. The summed E-state index contributed by atoms with van der Waals surface area (Å²) in [4.78, 5) is 30.2. The minimum Gasteiger partial charge on any atom is -0.465 e. The van der Waals surface area contributed by atoms with E-state index in [0.717, 1.165) is 49.4 Å². The van der Waals surface area contributed by atoms with Crippen LogP contribution in [-0.2, 0) is 24.3 Å². The van der Waals surface area contributed by atoms with Crippen LogP contribution in [0.25, 0.3) is 11.1 Å². The average molecular weight is 637 g/mol. The van der Waals surface area contributed by atoms with Gasteiger partial charge < -0.3 is 15.0 Å². The van der Waals surface area contributed by atoms with Gasteiger partial charge in [-0.05, 0) is 42.2 Å². The van der Waals surface area contributed by atoms with Crippen LogP contribution in [0.5, 0.6) is 0 Å². The monoisotopic (exact) mass is 636 g/mol. The Morgan fingerprint density at radius 1 is 0.864 bits per heavy atom. The number of sulfonamides is 1. The molecule has 234 valence electrons. The highest BCUT2D eigenvalue weighted by atomic mass is 32.2. The molecular weight excluding hydrogens is 597 g/mol. The lowest BCUT2D eigenvalue weighted by atomic mass is 10.0. The van der Waals surface area contributed by atoms with Crippen molar-refractivity contribution in [1.29, 1.82) is 0 Å². The lowest BCUT2D eigenvalue weighted by Gasteiger charge is -2.35. The second-order valence-corrected chi connectivity index (χ2v) is 14.0. The van der Waals surface area contributed by atoms with Gasteiger partial charge in [0.15, 0.2) is 0 Å². The Morgan fingerprint density at radius 2 is 1.48 bits per heavy atom. The van der Waals surface area contributed by atoms with Gasteiger partial charge in [0.05, 0.1) is 24.1 Å². The van der Waals surface area contributed by atoms with Crippen LogP contribution >= 0.6 is 11.8 Å². The normalized spacial score (nSPS) is 19.0. The van der Waals surface area contributed by atoms with Crippen molar-refractivity contribution in [3.05, 3.63) is 90.5 Å². The number of piperazine rings is 1. The standard InChI is InChI=1S/C33H40N4O5S2/c1-2-42-31(38)25-36-21-19-35(20-22-36)18-17-30(28-11-7-4-8-12-28)34-32(39)33-37(23-24-43-33)44(40,41)29-15-13-27(14-16-29)26-9-5-3-6-10-26/h3-16,30,33H,2,17-25H2,1H3,(H,34,39)/t30-,33-/m0/s1. The minimum atomic E-state index is -3.87. The average Bonchev–Trinajstić information content (AvgIpc) is 3.56. The topological polar surface area (TPSA) is 99.3 Å². The van der Waals surface area contributed by atoms with Gasteiger partial charge in [0.25, 0.3) is 0 Å². The Kier molecular flexibility index (Phi) is 11.1. The first kappa shape index (κ1) is 32.2. The fourth-order valence-electron chi connectivity index (χ4n) is 5.62. The van der Waals surface area contributed by atoms with Gasteiger partial charge in [-0.2, -0.15) is 4.31 Å². The number of hydrogen-bond donors (Lipinski definition) is 1. The molecular formula is C33H40N4O5S2. The molecule has 5 rings (SSSR count). The van der Waals surface area contributed by atoms with E-state index in [1.54, 1.807) is 12.1 Å². The van der Waals surface area contributed by atoms with E-state index in [0.29, 0.717) is 25.3 Å². The van der Waals surface area contributed by atoms with Gasteiger partial charge in [-0.25, -0.2) is 8.42 Å². The number of carbonyl (C=O) groups is 2. The third-order valence-corrected chi connectivity index (χ3v) is 11.2. The van der Waals surface area contributed by atoms with Crippen molar-refractivity contribution in [3.63, 3.8) is 0 Å². The molecule has 44 heavy (non-hydrogen) atoms. The molecule has 0 bridgehead atoms. The number of benzene rings is 3. The summed E-state index contributed by atoms with van der Waals surface area (Å²) in [6, 6.07) is 26.2. The van der Waals surface area contributed by atoms with Crippen LogP contribution in [0, 0.1) is 0 Å². The molecule has 1 N–H and O–H groups in total. The molecule has 9 nitrogen and oxygen atoms in total. The molecule has 3 aromatic carbocycles. The third kappa shape index (κ3) is 8.08. The van der Waals surface area contributed by atoms with E-state index in [9.17, 15) is 18.0 Å². The maximum Gasteiger partial charge on any atom is 0.320 e. The summed E-state index contributed by atoms with van der Waals surface area (Å²) in [7, 11) is -3.87. The Hall–Kier alpha value is -3.22. The van der Waals surface area contributed by atoms with Gasteiger partial charge in [-0.3, -0.25) is 14.5 Å². The molecule has 2 saturated heterocycles. The van der Waals surface area contributed by atoms with Crippen LogP contribution in [0.4, 0.5) is 0 Å². The zero-order valence-corrected chi connectivity index (χ0v) is 26.6. The predicted molar refractivity (Wildman–Crippen MR) is 173 cm³/mol. The lowest BCUT2D eigenvalue weighted by Crippen LogP contribution is -2.49. The van der Waals surface area contributed by atoms with E-state index in [-0.39, 0.29) is 29.4 Å². The molecule has 2 heterocycles. The van der Waals surface area contributed by atoms with Gasteiger partial charge >= 0.3 is 5.97 Å². The first-order valence-corrected chi connectivity index (χ1v) is 17.6. The Bertz CT molecular complexity index is 1480. The molecule has 2 fully saturated rings. The van der Waals surface area contributed by atoms with E-state index >= 15 is 0 Å². The van der Waals surface area contributed by atoms with Crippen molar-refractivity contribution in [3.8, 4) is 11.1 Å². The van der Waals surface area contributed by atoms with Crippen molar-refractivity contribution in [2.24, 2.45) is 0 Å². The Morgan fingerprint density at radius 3 is 2.14 bits per heavy atom. The molecule has 3 aromatic rings. The predicted octanol–water partition coefficient (Wildman–Crippen LogP) is 3.85. The number of esters is 1. The number of carbonyl (C=O) groups excluding carboxylic acids is 2. The molecule has 0 radical (unpaired) electrons. The molecule has 2 aliphatic rings. The maximum absolute atomic E-state index is 13.7. The van der Waals surface area contributed by atoms with Crippen molar-refractivity contribution in [2.45, 2.75) is 29.7 Å². The third-order valence-electron chi connectivity index (χ3n) is 8.02. The SMILES string of the molecule is CCOC(=O)CN1CCN(CC[C@H](NC(=O)[C@@H]2SCCN2S(=O)(=O)c2ccc(-c3ccccc3)cc2)c2ccccc2)CC1. The highest BCUT2D eigenvalue weighted by Gasteiger charge is 2.41. The minimum absolute atomic E-state index is 0.180. The number of thioether (sulfide) groups is 1. The van der Waals surface area contributed by atoms with Crippen LogP contribution in [0.15, 0.2) is 89.8 Å². The number of nitrogens with one attached hydrogen (secondary N) is 1. The summed E-state index contributed by atoms with van der Waals surface area (Å²) in [6.45, 7) is 6.74. The highest BCUT2D eigenvalue weighted by molar-refractivity contribution is 8.02. The fraction of sp³-hybridized carbons (Fsp3) is 0.394. The number of hydrogen-bond acceptors (Lipinski definition) is 8. The van der Waals surface area contributed by atoms with E-state index in [1.807, 2.05) is 79.7 Å². The van der Waals surface area contributed by atoms with Crippen LogP contribution in [0.1, 0.15) is 24.9 Å². The quantitative estimate of drug-likeness (QED) is 0.300. The molecule has 0 spiro atoms. The molecule has 2 aliphatic heterocycles. The summed E-state index contributed by atoms with van der Waals surface area (Å²) in [6.07, 6.45) is 0.679. The molecule has 0 saturated carbocycles. The van der Waals surface area contributed by atoms with Crippen molar-refractivity contribution >= 4 is 33.7 Å². The van der Waals surface area contributed by atoms with E-state index in [4.69, 9.17) is 4.74 Å². The van der Waals surface area contributed by atoms with Crippen LogP contribution in [0.2, 0.25) is 0 Å². The van der Waals surface area contributed by atoms with Gasteiger partial charge in [0.2, 0.25) is 15.9 Å². The van der Waals surface area contributed by atoms with E-state index in [2.05, 4.69) is 15.1 Å². The summed E-state index contributed by atoms with van der Waals surface area (Å²) in [5.41, 5.74) is 2.92. The molecule has 0 aromatic heterocycles. The first-order chi connectivity index (χ1) is 21.3. The van der Waals surface area contributed by atoms with Crippen molar-refractivity contribution in [1.82, 2.24) is 19.4 Å². The van der Waals surface area contributed by atoms with Crippen LogP contribution in [0.3, 0.4) is 0 Å². The highest BCUT2D eigenvalue weighted by Crippen LogP contribution is 2.32. The van der Waals surface area contributed by atoms with Gasteiger partial charge in [-0.15, -0.1) is 11.8 Å². The summed E-state index contributed by atoms with van der Waals surface area (Å²) < 4.78 is 33.8. The molecule has 11 heteroatoms. The summed E-state index contributed by atoms with van der Waals surface area (Å²) in [5.74, 6) is 0.0498. The van der Waals surface area contributed by atoms with E-state index in [1.165, 1.54) is 16.1 Å². The number of rotatable bonds is 12. The van der Waals surface area contributed by atoms with Crippen LogP contribution < -0.4 is 5.32 Å². The number of nitrogens with zero attached hydrogens (tertiary/aromatic N) is 3. The number of amides is 1. The van der Waals surface area contributed by atoms with E-state index < -0.39 is 15.4 Å². The van der Waals surface area contributed by atoms with Gasteiger partial charge in [-0.1, -0.05) is 72.8 Å². The zero-order chi connectivity index (χ0) is 30.9. The Labute approximate surface area is 264 Å². The molecule has 0 unspecified atom stereocenters.